The summed E-state index contributed by atoms with van der Waals surface area (Å²) >= 11 is 0. The van der Waals surface area contributed by atoms with Crippen LogP contribution in [0.15, 0.2) is 42.5 Å². The molecule has 0 aliphatic rings. The SMILES string of the molecule is CNCc1ccc(C)c(Oc2cccc(N(C)C)c2)c1. The van der Waals surface area contributed by atoms with Crippen molar-refractivity contribution in [2.45, 2.75) is 13.5 Å². The molecular weight excluding hydrogens is 248 g/mol. The first-order valence-corrected chi connectivity index (χ1v) is 6.79. The summed E-state index contributed by atoms with van der Waals surface area (Å²) in [7, 11) is 6.00. The first-order valence-electron chi connectivity index (χ1n) is 6.79. The topological polar surface area (TPSA) is 24.5 Å². The minimum absolute atomic E-state index is 0.842. The van der Waals surface area contributed by atoms with Gasteiger partial charge in [0.25, 0.3) is 0 Å². The standard InChI is InChI=1S/C17H22N2O/c1-13-8-9-14(12-18-2)10-17(13)20-16-7-5-6-15(11-16)19(3)4/h5-11,18H,12H2,1-4H3. The van der Waals surface area contributed by atoms with Gasteiger partial charge in [0.2, 0.25) is 0 Å². The number of rotatable bonds is 5. The van der Waals surface area contributed by atoms with Crippen LogP contribution in [0.1, 0.15) is 11.1 Å². The third kappa shape index (κ3) is 3.52. The van der Waals surface area contributed by atoms with Crippen molar-refractivity contribution in [3.63, 3.8) is 0 Å². The summed E-state index contributed by atoms with van der Waals surface area (Å²) in [6.07, 6.45) is 0. The van der Waals surface area contributed by atoms with Gasteiger partial charge in [-0.2, -0.15) is 0 Å². The Morgan fingerprint density at radius 3 is 2.60 bits per heavy atom. The van der Waals surface area contributed by atoms with Crippen molar-refractivity contribution in [1.82, 2.24) is 5.32 Å². The van der Waals surface area contributed by atoms with Gasteiger partial charge >= 0.3 is 0 Å². The predicted molar refractivity (Wildman–Crippen MR) is 84.8 cm³/mol. The molecule has 2 aromatic carbocycles. The Bertz CT molecular complexity index is 579. The first kappa shape index (κ1) is 14.4. The van der Waals surface area contributed by atoms with Crippen molar-refractivity contribution in [2.75, 3.05) is 26.0 Å². The maximum atomic E-state index is 6.03. The molecule has 2 rings (SSSR count). The molecule has 0 aromatic heterocycles. The van der Waals surface area contributed by atoms with Crippen molar-refractivity contribution in [1.29, 1.82) is 0 Å². The molecule has 0 spiro atoms. The monoisotopic (exact) mass is 270 g/mol. The Morgan fingerprint density at radius 2 is 1.90 bits per heavy atom. The lowest BCUT2D eigenvalue weighted by Gasteiger charge is -2.15. The molecule has 3 heteroatoms. The van der Waals surface area contributed by atoms with Crippen LogP contribution in [0.2, 0.25) is 0 Å². The quantitative estimate of drug-likeness (QED) is 0.899. The molecule has 0 bridgehead atoms. The number of nitrogens with one attached hydrogen (secondary N) is 1. The first-order chi connectivity index (χ1) is 9.60. The maximum absolute atomic E-state index is 6.03. The molecule has 0 aliphatic heterocycles. The average molecular weight is 270 g/mol. The molecule has 0 saturated heterocycles. The molecular formula is C17H22N2O. The molecule has 0 unspecified atom stereocenters. The molecule has 0 aliphatic carbocycles. The normalized spacial score (nSPS) is 10.4. The minimum Gasteiger partial charge on any atom is -0.457 e. The number of aryl methyl sites for hydroxylation is 1. The molecule has 20 heavy (non-hydrogen) atoms. The van der Waals surface area contributed by atoms with E-state index in [9.17, 15) is 0 Å². The Kier molecular flexibility index (Phi) is 4.64. The predicted octanol–water partition coefficient (Wildman–Crippen LogP) is 3.57. The van der Waals surface area contributed by atoms with Crippen molar-refractivity contribution in [3.05, 3.63) is 53.6 Å². The zero-order valence-corrected chi connectivity index (χ0v) is 12.6. The number of benzene rings is 2. The van der Waals surface area contributed by atoms with Gasteiger partial charge < -0.3 is 15.0 Å². The highest BCUT2D eigenvalue weighted by Crippen LogP contribution is 2.28. The number of ether oxygens (including phenoxy) is 1. The van der Waals surface area contributed by atoms with Gasteiger partial charge in [-0.05, 0) is 43.3 Å². The van der Waals surface area contributed by atoms with Crippen molar-refractivity contribution in [2.24, 2.45) is 0 Å². The Labute approximate surface area is 121 Å². The Hall–Kier alpha value is -2.00. The summed E-state index contributed by atoms with van der Waals surface area (Å²) in [5.41, 5.74) is 3.49. The lowest BCUT2D eigenvalue weighted by atomic mass is 10.1. The highest BCUT2D eigenvalue weighted by Gasteiger charge is 2.04. The smallest absolute Gasteiger partial charge is 0.130 e. The second-order valence-electron chi connectivity index (χ2n) is 5.12. The van der Waals surface area contributed by atoms with Gasteiger partial charge in [-0.25, -0.2) is 0 Å². The Balaban J connectivity index is 2.24. The molecule has 0 heterocycles. The fourth-order valence-corrected chi connectivity index (χ4v) is 2.02. The Morgan fingerprint density at radius 1 is 1.10 bits per heavy atom. The van der Waals surface area contributed by atoms with Crippen LogP contribution < -0.4 is 15.0 Å². The molecule has 2 aromatic rings. The van der Waals surface area contributed by atoms with E-state index in [0.717, 1.165) is 29.3 Å². The zero-order valence-electron chi connectivity index (χ0n) is 12.6. The zero-order chi connectivity index (χ0) is 14.5. The van der Waals surface area contributed by atoms with Crippen molar-refractivity contribution in [3.8, 4) is 11.5 Å². The largest absolute Gasteiger partial charge is 0.457 e. The van der Waals surface area contributed by atoms with E-state index in [-0.39, 0.29) is 0 Å². The van der Waals surface area contributed by atoms with Crippen LogP contribution in [0.25, 0.3) is 0 Å². The third-order valence-electron chi connectivity index (χ3n) is 3.20. The molecule has 106 valence electrons. The number of nitrogens with zero attached hydrogens (tertiary/aromatic N) is 1. The van der Waals surface area contributed by atoms with Gasteiger partial charge in [-0.3, -0.25) is 0 Å². The summed E-state index contributed by atoms with van der Waals surface area (Å²) in [6.45, 7) is 2.91. The summed E-state index contributed by atoms with van der Waals surface area (Å²) in [6, 6.07) is 14.4. The molecule has 0 fully saturated rings. The van der Waals surface area contributed by atoms with Gasteiger partial charge in [0, 0.05) is 32.4 Å². The number of hydrogen-bond donors (Lipinski definition) is 1. The van der Waals surface area contributed by atoms with Crippen LogP contribution in [0, 0.1) is 6.92 Å². The van der Waals surface area contributed by atoms with E-state index < -0.39 is 0 Å². The molecule has 0 amide bonds. The van der Waals surface area contributed by atoms with E-state index in [1.54, 1.807) is 0 Å². The van der Waals surface area contributed by atoms with Crippen molar-refractivity contribution < 1.29 is 4.74 Å². The highest BCUT2D eigenvalue weighted by atomic mass is 16.5. The third-order valence-corrected chi connectivity index (χ3v) is 3.20. The van der Waals surface area contributed by atoms with Gasteiger partial charge in [-0.15, -0.1) is 0 Å². The summed E-state index contributed by atoms with van der Waals surface area (Å²) in [4.78, 5) is 2.07. The second-order valence-corrected chi connectivity index (χ2v) is 5.12. The van der Waals surface area contributed by atoms with Crippen LogP contribution in [0.3, 0.4) is 0 Å². The van der Waals surface area contributed by atoms with E-state index in [2.05, 4.69) is 41.4 Å². The average Bonchev–Trinajstić information content (AvgIpc) is 2.43. The van der Waals surface area contributed by atoms with E-state index >= 15 is 0 Å². The number of anilines is 1. The second kappa shape index (κ2) is 6.44. The van der Waals surface area contributed by atoms with Gasteiger partial charge in [0.1, 0.15) is 11.5 Å². The van der Waals surface area contributed by atoms with Crippen LogP contribution in [-0.2, 0) is 6.54 Å². The van der Waals surface area contributed by atoms with Crippen LogP contribution in [0.5, 0.6) is 11.5 Å². The summed E-state index contributed by atoms with van der Waals surface area (Å²) in [5, 5.41) is 3.16. The van der Waals surface area contributed by atoms with Gasteiger partial charge in [0.15, 0.2) is 0 Å². The minimum atomic E-state index is 0.842. The molecule has 3 nitrogen and oxygen atoms in total. The molecule has 1 N–H and O–H groups in total. The lowest BCUT2D eigenvalue weighted by Crippen LogP contribution is -2.08. The van der Waals surface area contributed by atoms with Crippen molar-refractivity contribution >= 4 is 5.69 Å². The molecule has 0 saturated carbocycles. The summed E-state index contributed by atoms with van der Waals surface area (Å²) < 4.78 is 6.03. The van der Waals surface area contributed by atoms with Gasteiger partial charge in [-0.1, -0.05) is 18.2 Å². The number of hydrogen-bond acceptors (Lipinski definition) is 3. The van der Waals surface area contributed by atoms with E-state index in [4.69, 9.17) is 4.74 Å². The fraction of sp³-hybridized carbons (Fsp3) is 0.294. The maximum Gasteiger partial charge on any atom is 0.130 e. The van der Waals surface area contributed by atoms with Crippen LogP contribution in [0.4, 0.5) is 5.69 Å². The van der Waals surface area contributed by atoms with Crippen LogP contribution >= 0.6 is 0 Å². The lowest BCUT2D eigenvalue weighted by molar-refractivity contribution is 0.478. The van der Waals surface area contributed by atoms with E-state index in [1.165, 1.54) is 5.56 Å². The van der Waals surface area contributed by atoms with Gasteiger partial charge in [0.05, 0.1) is 0 Å². The molecule has 0 atom stereocenters. The fourth-order valence-electron chi connectivity index (χ4n) is 2.02. The van der Waals surface area contributed by atoms with E-state index in [1.807, 2.05) is 39.3 Å². The van der Waals surface area contributed by atoms with Crippen LogP contribution in [-0.4, -0.2) is 21.1 Å². The summed E-state index contributed by atoms with van der Waals surface area (Å²) in [5.74, 6) is 1.77. The molecule has 0 radical (unpaired) electrons. The highest BCUT2D eigenvalue weighted by molar-refractivity contribution is 5.51. The van der Waals surface area contributed by atoms with E-state index in [0.29, 0.717) is 0 Å².